The van der Waals surface area contributed by atoms with Gasteiger partial charge in [0.2, 0.25) is 5.88 Å². The highest BCUT2D eigenvalue weighted by Crippen LogP contribution is 2.45. The molecule has 0 spiro atoms. The number of hydrogen-bond donors (Lipinski definition) is 2. The van der Waals surface area contributed by atoms with Crippen molar-refractivity contribution in [2.24, 2.45) is 0 Å². The molecule has 9 nitrogen and oxygen atoms in total. The molecule has 0 bridgehead atoms. The maximum Gasteiger partial charge on any atom is 0.434 e. The second-order valence-electron chi connectivity index (χ2n) is 9.56. The number of alkyl halides is 3. The molecule has 0 radical (unpaired) electrons. The first-order valence-electron chi connectivity index (χ1n) is 12.5. The maximum atomic E-state index is 13.3. The standard InChI is InChI=1S/C27H27F3N8O/c1-15(2)38-13-20(27(28,29)30)36-25(38)18-6-4-16(5-7-18)11-32-23-19(10-31)12-33-24(37-23)21-22(17-8-9-17)34-14-35-26(21)39-3/h4-7,10,12-15,17,31H,8-9,11H2,1-3H3,(H,32,33,37). The van der Waals surface area contributed by atoms with Crippen molar-refractivity contribution < 1.29 is 17.9 Å². The monoisotopic (exact) mass is 536 g/mol. The van der Waals surface area contributed by atoms with Crippen LogP contribution in [0.5, 0.6) is 5.88 Å². The quantitative estimate of drug-likeness (QED) is 0.256. The summed E-state index contributed by atoms with van der Waals surface area (Å²) in [6, 6.07) is 6.94. The molecule has 1 aromatic carbocycles. The molecule has 0 unspecified atom stereocenters. The average molecular weight is 537 g/mol. The van der Waals surface area contributed by atoms with E-state index in [4.69, 9.17) is 10.1 Å². The number of methoxy groups -OCH3 is 1. The first-order valence-corrected chi connectivity index (χ1v) is 12.5. The van der Waals surface area contributed by atoms with E-state index in [1.165, 1.54) is 24.2 Å². The van der Waals surface area contributed by atoms with Crippen molar-refractivity contribution in [1.29, 1.82) is 5.41 Å². The van der Waals surface area contributed by atoms with Crippen molar-refractivity contribution >= 4 is 12.0 Å². The Kier molecular flexibility index (Phi) is 7.02. The number of benzene rings is 1. The van der Waals surface area contributed by atoms with Crippen LogP contribution in [-0.2, 0) is 12.7 Å². The molecule has 0 amide bonds. The summed E-state index contributed by atoms with van der Waals surface area (Å²) in [5.41, 5.74) is 2.52. The molecule has 0 saturated heterocycles. The summed E-state index contributed by atoms with van der Waals surface area (Å²) in [7, 11) is 1.54. The Morgan fingerprint density at radius 3 is 2.49 bits per heavy atom. The summed E-state index contributed by atoms with van der Waals surface area (Å²) in [4.78, 5) is 21.7. The molecule has 5 rings (SSSR count). The number of imidazole rings is 1. The lowest BCUT2D eigenvalue weighted by Gasteiger charge is -2.14. The largest absolute Gasteiger partial charge is 0.480 e. The molecule has 0 atom stereocenters. The Hall–Kier alpha value is -4.35. The van der Waals surface area contributed by atoms with Crippen LogP contribution >= 0.6 is 0 Å². The normalized spacial score (nSPS) is 13.5. The molecule has 1 aliphatic rings. The highest BCUT2D eigenvalue weighted by molar-refractivity contribution is 5.84. The number of nitrogens with zero attached hydrogens (tertiary/aromatic N) is 6. The van der Waals surface area contributed by atoms with Crippen molar-refractivity contribution in [3.8, 4) is 28.7 Å². The fourth-order valence-corrected chi connectivity index (χ4v) is 4.27. The minimum Gasteiger partial charge on any atom is -0.480 e. The van der Waals surface area contributed by atoms with Gasteiger partial charge in [-0.05, 0) is 32.3 Å². The first-order chi connectivity index (χ1) is 18.7. The van der Waals surface area contributed by atoms with E-state index in [2.05, 4.69) is 30.2 Å². The molecule has 39 heavy (non-hydrogen) atoms. The van der Waals surface area contributed by atoms with Crippen LogP contribution in [0.15, 0.2) is 43.0 Å². The molecule has 202 valence electrons. The second kappa shape index (κ2) is 10.4. The Morgan fingerprint density at radius 2 is 1.87 bits per heavy atom. The van der Waals surface area contributed by atoms with Crippen LogP contribution < -0.4 is 10.1 Å². The summed E-state index contributed by atoms with van der Waals surface area (Å²) < 4.78 is 46.8. The minimum absolute atomic E-state index is 0.189. The molecular weight excluding hydrogens is 509 g/mol. The molecule has 2 N–H and O–H groups in total. The number of halogens is 3. The average Bonchev–Trinajstić information content (AvgIpc) is 3.67. The van der Waals surface area contributed by atoms with E-state index in [0.717, 1.165) is 30.3 Å². The van der Waals surface area contributed by atoms with Crippen LogP contribution in [0.2, 0.25) is 0 Å². The van der Waals surface area contributed by atoms with Gasteiger partial charge in [0.1, 0.15) is 23.5 Å². The van der Waals surface area contributed by atoms with E-state index in [1.807, 2.05) is 26.0 Å². The lowest BCUT2D eigenvalue weighted by Crippen LogP contribution is -2.08. The van der Waals surface area contributed by atoms with Crippen LogP contribution in [0, 0.1) is 5.41 Å². The number of rotatable bonds is 9. The lowest BCUT2D eigenvalue weighted by molar-refractivity contribution is -0.140. The van der Waals surface area contributed by atoms with Gasteiger partial charge in [-0.1, -0.05) is 24.3 Å². The van der Waals surface area contributed by atoms with Crippen LogP contribution in [0.3, 0.4) is 0 Å². The molecular formula is C27H27F3N8O. The van der Waals surface area contributed by atoms with E-state index < -0.39 is 11.9 Å². The van der Waals surface area contributed by atoms with Crippen molar-refractivity contribution in [3.05, 3.63) is 65.5 Å². The number of nitrogens with one attached hydrogen (secondary N) is 2. The van der Waals surface area contributed by atoms with Gasteiger partial charge in [0.15, 0.2) is 11.5 Å². The molecule has 12 heteroatoms. The van der Waals surface area contributed by atoms with Gasteiger partial charge < -0.3 is 20.0 Å². The Balaban J connectivity index is 1.39. The van der Waals surface area contributed by atoms with Gasteiger partial charge in [0, 0.05) is 42.7 Å². The molecule has 0 aliphatic heterocycles. The molecule has 4 aromatic rings. The summed E-state index contributed by atoms with van der Waals surface area (Å²) in [6.07, 6.45) is 2.79. The Bertz CT molecular complexity index is 1490. The zero-order chi connectivity index (χ0) is 27.7. The van der Waals surface area contributed by atoms with Crippen LogP contribution in [-0.4, -0.2) is 42.8 Å². The lowest BCUT2D eigenvalue weighted by atomic mass is 10.1. The van der Waals surface area contributed by atoms with Gasteiger partial charge in [0.25, 0.3) is 0 Å². The zero-order valence-electron chi connectivity index (χ0n) is 21.6. The topological polar surface area (TPSA) is 114 Å². The highest BCUT2D eigenvalue weighted by Gasteiger charge is 2.35. The Morgan fingerprint density at radius 1 is 1.13 bits per heavy atom. The Labute approximate surface area is 223 Å². The maximum absolute atomic E-state index is 13.3. The summed E-state index contributed by atoms with van der Waals surface area (Å²) in [5, 5.41) is 11.0. The van der Waals surface area contributed by atoms with E-state index in [9.17, 15) is 13.2 Å². The first kappa shape index (κ1) is 26.3. The van der Waals surface area contributed by atoms with E-state index in [1.54, 1.807) is 18.3 Å². The highest BCUT2D eigenvalue weighted by atomic mass is 19.4. The number of hydrogen-bond acceptors (Lipinski definition) is 8. The van der Waals surface area contributed by atoms with E-state index in [0.29, 0.717) is 46.7 Å². The van der Waals surface area contributed by atoms with E-state index >= 15 is 0 Å². The molecule has 1 fully saturated rings. The predicted octanol–water partition coefficient (Wildman–Crippen LogP) is 5.89. The summed E-state index contributed by atoms with van der Waals surface area (Å²) in [5.74, 6) is 1.82. The second-order valence-corrected chi connectivity index (χ2v) is 9.56. The van der Waals surface area contributed by atoms with Crippen molar-refractivity contribution in [2.45, 2.75) is 51.4 Å². The fraction of sp³-hybridized carbons (Fsp3) is 0.333. The molecule has 1 saturated carbocycles. The van der Waals surface area contributed by atoms with E-state index in [-0.39, 0.29) is 11.9 Å². The van der Waals surface area contributed by atoms with Gasteiger partial charge >= 0.3 is 6.18 Å². The summed E-state index contributed by atoms with van der Waals surface area (Å²) in [6.45, 7) is 3.98. The van der Waals surface area contributed by atoms with Crippen LogP contribution in [0.25, 0.3) is 22.8 Å². The number of aromatic nitrogens is 6. The minimum atomic E-state index is -4.52. The number of anilines is 1. The smallest absolute Gasteiger partial charge is 0.434 e. The third-order valence-corrected chi connectivity index (χ3v) is 6.45. The predicted molar refractivity (Wildman–Crippen MR) is 140 cm³/mol. The molecule has 3 heterocycles. The van der Waals surface area contributed by atoms with Crippen molar-refractivity contribution in [3.63, 3.8) is 0 Å². The fourth-order valence-electron chi connectivity index (χ4n) is 4.27. The van der Waals surface area contributed by atoms with Crippen molar-refractivity contribution in [2.75, 3.05) is 12.4 Å². The van der Waals surface area contributed by atoms with Gasteiger partial charge in [0.05, 0.1) is 18.4 Å². The van der Waals surface area contributed by atoms with Crippen LogP contribution in [0.1, 0.15) is 61.2 Å². The van der Waals surface area contributed by atoms with Gasteiger partial charge in [-0.3, -0.25) is 0 Å². The SMILES string of the molecule is COc1ncnc(C2CC2)c1-c1ncc(C=N)c(NCc2ccc(-c3nc(C(F)(F)F)cn3C(C)C)cc2)n1. The molecule has 1 aliphatic carbocycles. The van der Waals surface area contributed by atoms with Gasteiger partial charge in [-0.2, -0.15) is 13.2 Å². The molecule has 3 aromatic heterocycles. The third kappa shape index (κ3) is 5.45. The zero-order valence-corrected chi connectivity index (χ0v) is 21.6. The van der Waals surface area contributed by atoms with Crippen LogP contribution in [0.4, 0.5) is 19.0 Å². The third-order valence-electron chi connectivity index (χ3n) is 6.45. The summed E-state index contributed by atoms with van der Waals surface area (Å²) >= 11 is 0. The van der Waals surface area contributed by atoms with Gasteiger partial charge in [-0.25, -0.2) is 24.9 Å². The number of ether oxygens (including phenoxy) is 1. The van der Waals surface area contributed by atoms with Crippen molar-refractivity contribution in [1.82, 2.24) is 29.5 Å². The van der Waals surface area contributed by atoms with Gasteiger partial charge in [-0.15, -0.1) is 0 Å².